The Kier molecular flexibility index (Phi) is 5.84. The zero-order valence-electron chi connectivity index (χ0n) is 11.8. The average molecular weight is 292 g/mol. The van der Waals surface area contributed by atoms with E-state index in [4.69, 9.17) is 4.74 Å². The van der Waals surface area contributed by atoms with Crippen molar-refractivity contribution < 1.29 is 17.9 Å². The third kappa shape index (κ3) is 4.75. The lowest BCUT2D eigenvalue weighted by atomic mass is 10.3. The van der Waals surface area contributed by atoms with Crippen molar-refractivity contribution in [1.29, 1.82) is 0 Å². The SMILES string of the molecule is CCCNc1ncnc(N(C)CCC(F)(F)F)c1OC. The van der Waals surface area contributed by atoms with E-state index in [9.17, 15) is 13.2 Å². The standard InChI is InChI=1S/C12H19F3N4O/c1-4-6-16-10-9(20-3)11(18-8-17-10)19(2)7-5-12(13,14)15/h8H,4-7H2,1-3H3,(H,16,17,18). The molecule has 8 heteroatoms. The normalized spacial score (nSPS) is 11.3. The number of methoxy groups -OCH3 is 1. The Morgan fingerprint density at radius 2 is 2.05 bits per heavy atom. The summed E-state index contributed by atoms with van der Waals surface area (Å²) in [7, 11) is 2.98. The van der Waals surface area contributed by atoms with Gasteiger partial charge in [-0.1, -0.05) is 6.92 Å². The predicted molar refractivity (Wildman–Crippen MR) is 71.3 cm³/mol. The van der Waals surface area contributed by atoms with E-state index in [1.54, 1.807) is 7.05 Å². The van der Waals surface area contributed by atoms with Gasteiger partial charge in [-0.2, -0.15) is 13.2 Å². The minimum Gasteiger partial charge on any atom is -0.490 e. The molecule has 0 fully saturated rings. The number of hydrogen-bond donors (Lipinski definition) is 1. The fraction of sp³-hybridized carbons (Fsp3) is 0.667. The maximum atomic E-state index is 12.3. The van der Waals surface area contributed by atoms with E-state index in [1.165, 1.54) is 18.3 Å². The molecule has 1 heterocycles. The summed E-state index contributed by atoms with van der Waals surface area (Å²) in [5.41, 5.74) is 0. The van der Waals surface area contributed by atoms with Crippen LogP contribution < -0.4 is 15.0 Å². The van der Waals surface area contributed by atoms with Crippen molar-refractivity contribution in [2.75, 3.05) is 37.5 Å². The molecule has 0 aliphatic carbocycles. The molecule has 0 saturated heterocycles. The molecule has 0 unspecified atom stereocenters. The van der Waals surface area contributed by atoms with Crippen molar-refractivity contribution in [3.8, 4) is 5.75 Å². The van der Waals surface area contributed by atoms with Crippen LogP contribution in [-0.4, -0.2) is 43.4 Å². The van der Waals surface area contributed by atoms with Crippen molar-refractivity contribution in [2.45, 2.75) is 25.9 Å². The van der Waals surface area contributed by atoms with Crippen LogP contribution in [-0.2, 0) is 0 Å². The first-order valence-corrected chi connectivity index (χ1v) is 6.29. The second kappa shape index (κ2) is 7.16. The van der Waals surface area contributed by atoms with Crippen LogP contribution in [0.5, 0.6) is 5.75 Å². The fourth-order valence-electron chi connectivity index (χ4n) is 1.59. The van der Waals surface area contributed by atoms with E-state index >= 15 is 0 Å². The largest absolute Gasteiger partial charge is 0.490 e. The molecule has 0 amide bonds. The number of anilines is 2. The number of hydrogen-bond acceptors (Lipinski definition) is 5. The summed E-state index contributed by atoms with van der Waals surface area (Å²) in [6.45, 7) is 2.50. The Hall–Kier alpha value is -1.73. The molecule has 1 aromatic rings. The number of nitrogens with one attached hydrogen (secondary N) is 1. The summed E-state index contributed by atoms with van der Waals surface area (Å²) in [6.07, 6.45) is -2.90. The van der Waals surface area contributed by atoms with Gasteiger partial charge in [-0.3, -0.25) is 0 Å². The number of halogens is 3. The van der Waals surface area contributed by atoms with E-state index in [1.807, 2.05) is 6.92 Å². The molecule has 0 spiro atoms. The maximum Gasteiger partial charge on any atom is 0.390 e. The number of rotatable bonds is 7. The van der Waals surface area contributed by atoms with E-state index in [2.05, 4.69) is 15.3 Å². The molecule has 0 radical (unpaired) electrons. The third-order valence-electron chi connectivity index (χ3n) is 2.62. The zero-order valence-corrected chi connectivity index (χ0v) is 11.8. The smallest absolute Gasteiger partial charge is 0.390 e. The molecule has 0 aliphatic rings. The highest BCUT2D eigenvalue weighted by Crippen LogP contribution is 2.32. The van der Waals surface area contributed by atoms with Gasteiger partial charge in [-0.25, -0.2) is 9.97 Å². The molecule has 5 nitrogen and oxygen atoms in total. The lowest BCUT2D eigenvalue weighted by Crippen LogP contribution is -2.25. The highest BCUT2D eigenvalue weighted by molar-refractivity contribution is 5.64. The van der Waals surface area contributed by atoms with Crippen molar-refractivity contribution in [3.63, 3.8) is 0 Å². The Morgan fingerprint density at radius 3 is 2.60 bits per heavy atom. The van der Waals surface area contributed by atoms with Crippen LogP contribution in [0, 0.1) is 0 Å². The van der Waals surface area contributed by atoms with Gasteiger partial charge in [0.25, 0.3) is 0 Å². The highest BCUT2D eigenvalue weighted by atomic mass is 19.4. The zero-order chi connectivity index (χ0) is 15.2. The Balaban J connectivity index is 2.87. The van der Waals surface area contributed by atoms with Crippen LogP contribution in [0.15, 0.2) is 6.33 Å². The summed E-state index contributed by atoms with van der Waals surface area (Å²) >= 11 is 0. The first-order chi connectivity index (χ1) is 9.39. The van der Waals surface area contributed by atoms with Crippen LogP contribution in [0.3, 0.4) is 0 Å². The average Bonchev–Trinajstić information content (AvgIpc) is 2.41. The second-order valence-electron chi connectivity index (χ2n) is 4.29. The molecule has 1 N–H and O–H groups in total. The van der Waals surface area contributed by atoms with Gasteiger partial charge >= 0.3 is 6.18 Å². The molecular weight excluding hydrogens is 273 g/mol. The lowest BCUT2D eigenvalue weighted by molar-refractivity contribution is -0.132. The van der Waals surface area contributed by atoms with Gasteiger partial charge in [0, 0.05) is 20.1 Å². The Labute approximate surface area is 116 Å². The number of aromatic nitrogens is 2. The molecule has 1 rings (SSSR count). The van der Waals surface area contributed by atoms with E-state index < -0.39 is 12.6 Å². The molecule has 0 atom stereocenters. The van der Waals surface area contributed by atoms with Crippen molar-refractivity contribution in [1.82, 2.24) is 9.97 Å². The van der Waals surface area contributed by atoms with E-state index in [0.29, 0.717) is 23.9 Å². The molecule has 114 valence electrons. The summed E-state index contributed by atoms with van der Waals surface area (Å²) in [5.74, 6) is 1.18. The van der Waals surface area contributed by atoms with Crippen molar-refractivity contribution >= 4 is 11.6 Å². The van der Waals surface area contributed by atoms with E-state index in [0.717, 1.165) is 6.42 Å². The lowest BCUT2D eigenvalue weighted by Gasteiger charge is -2.22. The summed E-state index contributed by atoms with van der Waals surface area (Å²) in [4.78, 5) is 9.45. The molecule has 20 heavy (non-hydrogen) atoms. The molecular formula is C12H19F3N4O. The predicted octanol–water partition coefficient (Wildman–Crippen LogP) is 2.70. The van der Waals surface area contributed by atoms with Gasteiger partial charge < -0.3 is 15.0 Å². The first kappa shape index (κ1) is 16.3. The summed E-state index contributed by atoms with van der Waals surface area (Å²) in [6, 6.07) is 0. The highest BCUT2D eigenvalue weighted by Gasteiger charge is 2.28. The van der Waals surface area contributed by atoms with E-state index in [-0.39, 0.29) is 6.54 Å². The molecule has 0 bridgehead atoms. The second-order valence-corrected chi connectivity index (χ2v) is 4.29. The fourth-order valence-corrected chi connectivity index (χ4v) is 1.59. The molecule has 0 aromatic carbocycles. The Bertz CT molecular complexity index is 426. The molecule has 0 saturated carbocycles. The summed E-state index contributed by atoms with van der Waals surface area (Å²) in [5, 5.41) is 3.06. The van der Waals surface area contributed by atoms with Crippen molar-refractivity contribution in [2.24, 2.45) is 0 Å². The Morgan fingerprint density at radius 1 is 1.35 bits per heavy atom. The van der Waals surface area contributed by atoms with Gasteiger partial charge in [0.05, 0.1) is 13.5 Å². The third-order valence-corrected chi connectivity index (χ3v) is 2.62. The quantitative estimate of drug-likeness (QED) is 0.837. The first-order valence-electron chi connectivity index (χ1n) is 6.29. The van der Waals surface area contributed by atoms with Gasteiger partial charge in [-0.05, 0) is 6.42 Å². The topological polar surface area (TPSA) is 50.3 Å². The summed E-state index contributed by atoms with van der Waals surface area (Å²) < 4.78 is 42.0. The monoisotopic (exact) mass is 292 g/mol. The minimum atomic E-state index is -4.20. The van der Waals surface area contributed by atoms with Crippen LogP contribution in [0.25, 0.3) is 0 Å². The molecule has 1 aromatic heterocycles. The van der Waals surface area contributed by atoms with Crippen LogP contribution in [0.1, 0.15) is 19.8 Å². The van der Waals surface area contributed by atoms with Gasteiger partial charge in [-0.15, -0.1) is 0 Å². The molecule has 0 aliphatic heterocycles. The van der Waals surface area contributed by atoms with Crippen LogP contribution in [0.4, 0.5) is 24.8 Å². The van der Waals surface area contributed by atoms with Crippen LogP contribution >= 0.6 is 0 Å². The maximum absolute atomic E-state index is 12.3. The van der Waals surface area contributed by atoms with Gasteiger partial charge in [0.2, 0.25) is 5.75 Å². The van der Waals surface area contributed by atoms with Crippen molar-refractivity contribution in [3.05, 3.63) is 6.33 Å². The van der Waals surface area contributed by atoms with Gasteiger partial charge in [0.15, 0.2) is 11.6 Å². The minimum absolute atomic E-state index is 0.190. The number of nitrogens with zero attached hydrogens (tertiary/aromatic N) is 3. The number of alkyl halides is 3. The van der Waals surface area contributed by atoms with Crippen LogP contribution in [0.2, 0.25) is 0 Å². The number of ether oxygens (including phenoxy) is 1. The van der Waals surface area contributed by atoms with Gasteiger partial charge in [0.1, 0.15) is 6.33 Å².